The molecule has 0 aliphatic heterocycles. The first-order valence-corrected chi connectivity index (χ1v) is 8.46. The molecule has 0 fully saturated rings. The summed E-state index contributed by atoms with van der Waals surface area (Å²) in [6, 6.07) is -1.02. The number of carboxylic acid groups (broad SMARTS) is 1. The Hall–Kier alpha value is -1.51. The minimum atomic E-state index is -1.12. The molecule has 0 heterocycles. The second-order valence-corrected chi connectivity index (χ2v) is 6.58. The van der Waals surface area contributed by atoms with Gasteiger partial charge in [0.25, 0.3) is 0 Å². The zero-order chi connectivity index (χ0) is 17.9. The molecule has 23 heavy (non-hydrogen) atoms. The minimum Gasteiger partial charge on any atom is -0.480 e. The lowest BCUT2D eigenvalue weighted by Crippen LogP contribution is -2.43. The van der Waals surface area contributed by atoms with Gasteiger partial charge in [-0.15, -0.1) is 0 Å². The Kier molecular flexibility index (Phi) is 10.4. The first-order valence-electron chi connectivity index (χ1n) is 7.34. The molecule has 2 amide bonds. The molecule has 0 saturated heterocycles. The summed E-state index contributed by atoms with van der Waals surface area (Å²) in [5.74, 6) is -1.12. The molecule has 134 valence electrons. The van der Waals surface area contributed by atoms with E-state index in [1.54, 1.807) is 20.8 Å². The van der Waals surface area contributed by atoms with Gasteiger partial charge in [0.2, 0.25) is 0 Å². The lowest BCUT2D eigenvalue weighted by Gasteiger charge is -2.22. The number of hydrogen-bond acceptors (Lipinski definition) is 5. The highest BCUT2D eigenvalue weighted by Crippen LogP contribution is 2.08. The summed E-state index contributed by atoms with van der Waals surface area (Å²) in [6.07, 6.45) is 0.0639. The molecule has 8 nitrogen and oxygen atoms in total. The van der Waals surface area contributed by atoms with Crippen LogP contribution in [-0.2, 0) is 14.3 Å². The topological polar surface area (TPSA) is 114 Å². The van der Waals surface area contributed by atoms with E-state index < -0.39 is 29.8 Å². The molecule has 0 aromatic carbocycles. The first kappa shape index (κ1) is 21.5. The second kappa shape index (κ2) is 11.1. The van der Waals surface area contributed by atoms with E-state index >= 15 is 0 Å². The molecule has 0 aliphatic carbocycles. The maximum absolute atomic E-state index is 11.6. The average molecular weight is 397 g/mol. The summed E-state index contributed by atoms with van der Waals surface area (Å²) in [6.45, 7) is 5.75. The largest absolute Gasteiger partial charge is 0.480 e. The van der Waals surface area contributed by atoms with Crippen molar-refractivity contribution in [3.05, 3.63) is 0 Å². The quantitative estimate of drug-likeness (QED) is 0.406. The van der Waals surface area contributed by atoms with Crippen LogP contribution in [0.1, 0.15) is 40.0 Å². The van der Waals surface area contributed by atoms with E-state index in [-0.39, 0.29) is 13.0 Å². The van der Waals surface area contributed by atoms with Gasteiger partial charge in [0.1, 0.15) is 18.2 Å². The zero-order valence-electron chi connectivity index (χ0n) is 13.7. The van der Waals surface area contributed by atoms with Crippen LogP contribution in [0.3, 0.4) is 0 Å². The van der Waals surface area contributed by atoms with Gasteiger partial charge in [-0.1, -0.05) is 15.9 Å². The number of carboxylic acids is 1. The molecule has 0 unspecified atom stereocenters. The summed E-state index contributed by atoms with van der Waals surface area (Å²) >= 11 is 3.13. The third kappa shape index (κ3) is 12.7. The van der Waals surface area contributed by atoms with E-state index in [1.807, 2.05) is 0 Å². The Balaban J connectivity index is 4.00. The number of alkyl halides is 1. The number of alkyl carbamates (subject to hydrolysis) is 2. The van der Waals surface area contributed by atoms with Gasteiger partial charge in [0.05, 0.1) is 0 Å². The highest BCUT2D eigenvalue weighted by molar-refractivity contribution is 9.09. The maximum atomic E-state index is 11.6. The van der Waals surface area contributed by atoms with Gasteiger partial charge in [-0.3, -0.25) is 0 Å². The van der Waals surface area contributed by atoms with Crippen LogP contribution in [-0.4, -0.2) is 53.4 Å². The average Bonchev–Trinajstić information content (AvgIpc) is 2.41. The van der Waals surface area contributed by atoms with Gasteiger partial charge in [-0.25, -0.2) is 14.4 Å². The molecular weight excluding hydrogens is 372 g/mol. The van der Waals surface area contributed by atoms with Crippen molar-refractivity contribution in [3.8, 4) is 0 Å². The van der Waals surface area contributed by atoms with Crippen molar-refractivity contribution in [3.63, 3.8) is 0 Å². The van der Waals surface area contributed by atoms with Gasteiger partial charge in [0.15, 0.2) is 0 Å². The minimum absolute atomic E-state index is 0.243. The van der Waals surface area contributed by atoms with Gasteiger partial charge < -0.3 is 25.2 Å². The monoisotopic (exact) mass is 396 g/mol. The number of unbranched alkanes of at least 4 members (excludes halogenated alkanes) is 1. The number of carbonyl (C=O) groups is 3. The molecule has 0 radical (unpaired) electrons. The van der Waals surface area contributed by atoms with Gasteiger partial charge in [-0.05, 0) is 40.0 Å². The van der Waals surface area contributed by atoms with Crippen molar-refractivity contribution >= 4 is 34.1 Å². The van der Waals surface area contributed by atoms with Crippen molar-refractivity contribution in [2.45, 2.75) is 51.7 Å². The number of halogens is 1. The van der Waals surface area contributed by atoms with E-state index in [0.29, 0.717) is 24.7 Å². The van der Waals surface area contributed by atoms with Crippen molar-refractivity contribution in [1.29, 1.82) is 0 Å². The van der Waals surface area contributed by atoms with Gasteiger partial charge >= 0.3 is 18.2 Å². The fraction of sp³-hybridized carbons (Fsp3) is 0.786. The number of carbonyl (C=O) groups excluding carboxylic acids is 2. The fourth-order valence-electron chi connectivity index (χ4n) is 1.55. The van der Waals surface area contributed by atoms with Crippen LogP contribution < -0.4 is 10.6 Å². The lowest BCUT2D eigenvalue weighted by molar-refractivity contribution is -0.139. The highest BCUT2D eigenvalue weighted by atomic mass is 79.9. The standard InChI is InChI=1S/C14H25BrN2O6/c1-14(2,3)23-13(21)17-10(11(18)19)6-4-5-8-16-12(20)22-9-7-15/h10H,4-9H2,1-3H3,(H,16,20)(H,17,21)(H,18,19)/t10-/m0/s1. The van der Waals surface area contributed by atoms with Crippen LogP contribution in [0.25, 0.3) is 0 Å². The molecule has 9 heteroatoms. The van der Waals surface area contributed by atoms with Gasteiger partial charge in [0, 0.05) is 11.9 Å². The van der Waals surface area contributed by atoms with Crippen LogP contribution >= 0.6 is 15.9 Å². The molecule has 0 aromatic rings. The third-order valence-corrected chi connectivity index (χ3v) is 2.81. The van der Waals surface area contributed by atoms with E-state index in [9.17, 15) is 14.4 Å². The maximum Gasteiger partial charge on any atom is 0.408 e. The van der Waals surface area contributed by atoms with Crippen molar-refractivity contribution in [1.82, 2.24) is 10.6 Å². The number of aliphatic carboxylic acids is 1. The number of rotatable bonds is 9. The summed E-state index contributed by atoms with van der Waals surface area (Å²) in [5.41, 5.74) is -0.688. The van der Waals surface area contributed by atoms with Crippen molar-refractivity contribution < 1.29 is 29.0 Å². The molecule has 0 rings (SSSR count). The highest BCUT2D eigenvalue weighted by Gasteiger charge is 2.23. The van der Waals surface area contributed by atoms with Crippen LogP contribution in [0, 0.1) is 0 Å². The zero-order valence-corrected chi connectivity index (χ0v) is 15.3. The second-order valence-electron chi connectivity index (χ2n) is 5.78. The van der Waals surface area contributed by atoms with E-state index in [0.717, 1.165) is 0 Å². The van der Waals surface area contributed by atoms with E-state index in [4.69, 9.17) is 14.6 Å². The summed E-state index contributed by atoms with van der Waals surface area (Å²) < 4.78 is 9.82. The molecular formula is C14H25BrN2O6. The SMILES string of the molecule is CC(C)(C)OC(=O)N[C@@H](CCCCNC(=O)OCCBr)C(=O)O. The first-order chi connectivity index (χ1) is 10.7. The lowest BCUT2D eigenvalue weighted by atomic mass is 10.1. The Morgan fingerprint density at radius 3 is 2.35 bits per heavy atom. The Morgan fingerprint density at radius 2 is 1.83 bits per heavy atom. The summed E-state index contributed by atoms with van der Waals surface area (Å²) in [5, 5.41) is 14.5. The molecule has 0 spiro atoms. The molecule has 3 N–H and O–H groups in total. The van der Waals surface area contributed by atoms with Crippen LogP contribution in [0.4, 0.5) is 9.59 Å². The van der Waals surface area contributed by atoms with Crippen LogP contribution in [0.15, 0.2) is 0 Å². The Labute approximate surface area is 144 Å². The number of hydrogen-bond donors (Lipinski definition) is 3. The van der Waals surface area contributed by atoms with Gasteiger partial charge in [-0.2, -0.15) is 0 Å². The molecule has 1 atom stereocenters. The normalized spacial score (nSPS) is 12.2. The van der Waals surface area contributed by atoms with E-state index in [2.05, 4.69) is 26.6 Å². The van der Waals surface area contributed by atoms with E-state index in [1.165, 1.54) is 0 Å². The van der Waals surface area contributed by atoms with Crippen LogP contribution in [0.2, 0.25) is 0 Å². The third-order valence-electron chi connectivity index (χ3n) is 2.49. The smallest absolute Gasteiger partial charge is 0.408 e. The Morgan fingerprint density at radius 1 is 1.17 bits per heavy atom. The number of nitrogens with one attached hydrogen (secondary N) is 2. The predicted molar refractivity (Wildman–Crippen MR) is 87.8 cm³/mol. The van der Waals surface area contributed by atoms with Crippen LogP contribution in [0.5, 0.6) is 0 Å². The molecule has 0 aliphatic rings. The number of ether oxygens (including phenoxy) is 2. The fourth-order valence-corrected chi connectivity index (χ4v) is 1.72. The van der Waals surface area contributed by atoms with Crippen molar-refractivity contribution in [2.75, 3.05) is 18.5 Å². The Bertz CT molecular complexity index is 397. The molecule has 0 saturated carbocycles. The molecule has 0 bridgehead atoms. The summed E-state index contributed by atoms with van der Waals surface area (Å²) in [7, 11) is 0. The van der Waals surface area contributed by atoms with Crippen molar-refractivity contribution in [2.24, 2.45) is 0 Å². The predicted octanol–water partition coefficient (Wildman–Crippen LogP) is 2.26. The summed E-state index contributed by atoms with van der Waals surface area (Å²) in [4.78, 5) is 33.9. The molecule has 0 aromatic heterocycles. The number of amides is 2.